The zero-order valence-electron chi connectivity index (χ0n) is 26.5. The summed E-state index contributed by atoms with van der Waals surface area (Å²) in [5.41, 5.74) is 16.7. The van der Waals surface area contributed by atoms with Gasteiger partial charge in [-0.2, -0.15) is 0 Å². The lowest BCUT2D eigenvalue weighted by Gasteiger charge is -2.29. The first kappa shape index (κ1) is 34.0. The molecule has 11 heteroatoms. The fraction of sp³-hybridized carbons (Fsp3) is 0.371. The highest BCUT2D eigenvalue weighted by molar-refractivity contribution is 5.95. The molecule has 0 radical (unpaired) electrons. The molecule has 0 aromatic heterocycles. The van der Waals surface area contributed by atoms with Crippen LogP contribution >= 0.6 is 0 Å². The van der Waals surface area contributed by atoms with Crippen molar-refractivity contribution in [3.63, 3.8) is 0 Å². The SMILES string of the molecule is Cc1cc(O)ccc1CC(NC(=O)C1CCCN1C(=O)C(N)Cc1c(C)cc(O)cc1C)C(=O)NC(Cc1ccccc1)C(N)=O. The van der Waals surface area contributed by atoms with Crippen LogP contribution in [0.5, 0.6) is 11.5 Å². The van der Waals surface area contributed by atoms with Crippen LogP contribution in [-0.4, -0.2) is 69.5 Å². The number of phenolic OH excluding ortho intramolecular Hbond substituents is 2. The molecular formula is C35H43N5O6. The van der Waals surface area contributed by atoms with Crippen molar-refractivity contribution < 1.29 is 29.4 Å². The topological polar surface area (TPSA) is 188 Å². The first-order valence-corrected chi connectivity index (χ1v) is 15.4. The van der Waals surface area contributed by atoms with Gasteiger partial charge in [0.05, 0.1) is 6.04 Å². The van der Waals surface area contributed by atoms with Crippen molar-refractivity contribution in [1.29, 1.82) is 0 Å². The summed E-state index contributed by atoms with van der Waals surface area (Å²) < 4.78 is 0. The Morgan fingerprint density at radius 3 is 2.13 bits per heavy atom. The zero-order valence-corrected chi connectivity index (χ0v) is 26.5. The number of aryl methyl sites for hydroxylation is 3. The molecule has 244 valence electrons. The molecule has 4 atom stereocenters. The lowest BCUT2D eigenvalue weighted by atomic mass is 9.95. The summed E-state index contributed by atoms with van der Waals surface area (Å²) in [7, 11) is 0. The van der Waals surface area contributed by atoms with Gasteiger partial charge in [0.1, 0.15) is 29.6 Å². The van der Waals surface area contributed by atoms with Crippen molar-refractivity contribution in [3.8, 4) is 11.5 Å². The molecule has 1 aliphatic heterocycles. The third-order valence-electron chi connectivity index (χ3n) is 8.59. The molecule has 3 aromatic rings. The van der Waals surface area contributed by atoms with Gasteiger partial charge in [0.2, 0.25) is 23.6 Å². The van der Waals surface area contributed by atoms with Crippen molar-refractivity contribution >= 4 is 23.6 Å². The molecule has 4 rings (SSSR count). The average Bonchev–Trinajstić information content (AvgIpc) is 3.49. The number of benzene rings is 3. The average molecular weight is 630 g/mol. The van der Waals surface area contributed by atoms with Crippen LogP contribution in [0.3, 0.4) is 0 Å². The zero-order chi connectivity index (χ0) is 33.5. The fourth-order valence-corrected chi connectivity index (χ4v) is 6.07. The maximum absolute atomic E-state index is 13.8. The van der Waals surface area contributed by atoms with E-state index in [1.165, 1.54) is 11.0 Å². The molecule has 3 aromatic carbocycles. The number of aromatic hydroxyl groups is 2. The van der Waals surface area contributed by atoms with Crippen LogP contribution < -0.4 is 22.1 Å². The molecule has 0 spiro atoms. The number of primary amides is 1. The first-order valence-electron chi connectivity index (χ1n) is 15.4. The monoisotopic (exact) mass is 629 g/mol. The van der Waals surface area contributed by atoms with E-state index in [4.69, 9.17) is 11.5 Å². The lowest BCUT2D eigenvalue weighted by molar-refractivity contribution is -0.140. The van der Waals surface area contributed by atoms with Gasteiger partial charge in [0.15, 0.2) is 0 Å². The Morgan fingerprint density at radius 2 is 1.50 bits per heavy atom. The number of phenols is 2. The van der Waals surface area contributed by atoms with Gasteiger partial charge in [-0.3, -0.25) is 19.2 Å². The van der Waals surface area contributed by atoms with Gasteiger partial charge in [-0.05, 0) is 97.7 Å². The number of nitrogens with zero attached hydrogens (tertiary/aromatic N) is 1. The van der Waals surface area contributed by atoms with Crippen molar-refractivity contribution in [1.82, 2.24) is 15.5 Å². The second-order valence-electron chi connectivity index (χ2n) is 12.1. The van der Waals surface area contributed by atoms with E-state index in [1.54, 1.807) is 31.2 Å². The molecule has 11 nitrogen and oxygen atoms in total. The van der Waals surface area contributed by atoms with Crippen LogP contribution in [-0.2, 0) is 38.4 Å². The third kappa shape index (κ3) is 8.42. The molecule has 0 aliphatic carbocycles. The van der Waals surface area contributed by atoms with Gasteiger partial charge in [0.25, 0.3) is 0 Å². The minimum absolute atomic E-state index is 0.0667. The van der Waals surface area contributed by atoms with E-state index in [2.05, 4.69) is 10.6 Å². The normalized spacial score (nSPS) is 16.3. The molecule has 4 amide bonds. The number of hydrogen-bond donors (Lipinski definition) is 6. The summed E-state index contributed by atoms with van der Waals surface area (Å²) in [6, 6.07) is 13.2. The number of amides is 4. The van der Waals surface area contributed by atoms with Crippen molar-refractivity contribution in [2.45, 2.75) is 77.0 Å². The second-order valence-corrected chi connectivity index (χ2v) is 12.1. The molecule has 1 aliphatic rings. The largest absolute Gasteiger partial charge is 0.508 e. The Balaban J connectivity index is 1.52. The van der Waals surface area contributed by atoms with E-state index >= 15 is 0 Å². The van der Waals surface area contributed by atoms with E-state index in [1.807, 2.05) is 44.2 Å². The predicted molar refractivity (Wildman–Crippen MR) is 174 cm³/mol. The summed E-state index contributed by atoms with van der Waals surface area (Å²) in [5.74, 6) is -2.01. The molecule has 1 fully saturated rings. The van der Waals surface area contributed by atoms with E-state index in [-0.39, 0.29) is 36.7 Å². The Hall–Kier alpha value is -4.90. The quantitative estimate of drug-likeness (QED) is 0.176. The van der Waals surface area contributed by atoms with Crippen LogP contribution in [0.4, 0.5) is 0 Å². The van der Waals surface area contributed by atoms with Crippen LogP contribution in [0.15, 0.2) is 60.7 Å². The Labute approximate surface area is 269 Å². The highest BCUT2D eigenvalue weighted by atomic mass is 16.3. The summed E-state index contributed by atoms with van der Waals surface area (Å²) in [5, 5.41) is 25.3. The van der Waals surface area contributed by atoms with Crippen LogP contribution in [0.1, 0.15) is 46.2 Å². The van der Waals surface area contributed by atoms with Gasteiger partial charge in [-0.25, -0.2) is 0 Å². The number of carbonyl (C=O) groups is 4. The highest BCUT2D eigenvalue weighted by Crippen LogP contribution is 2.24. The number of carbonyl (C=O) groups excluding carboxylic acids is 4. The smallest absolute Gasteiger partial charge is 0.243 e. The summed E-state index contributed by atoms with van der Waals surface area (Å²) >= 11 is 0. The Kier molecular flexibility index (Phi) is 11.0. The minimum Gasteiger partial charge on any atom is -0.508 e. The van der Waals surface area contributed by atoms with Gasteiger partial charge in [0, 0.05) is 19.4 Å². The number of nitrogens with one attached hydrogen (secondary N) is 2. The van der Waals surface area contributed by atoms with Crippen molar-refractivity contribution in [2.24, 2.45) is 11.5 Å². The van der Waals surface area contributed by atoms with Crippen LogP contribution in [0.25, 0.3) is 0 Å². The molecule has 8 N–H and O–H groups in total. The lowest BCUT2D eigenvalue weighted by Crippen LogP contribution is -2.58. The molecular weight excluding hydrogens is 586 g/mol. The number of nitrogens with two attached hydrogens (primary N) is 2. The van der Waals surface area contributed by atoms with Crippen molar-refractivity contribution in [3.05, 3.63) is 94.0 Å². The molecule has 46 heavy (non-hydrogen) atoms. The van der Waals surface area contributed by atoms with E-state index in [0.29, 0.717) is 30.5 Å². The maximum Gasteiger partial charge on any atom is 0.243 e. The molecule has 1 heterocycles. The number of rotatable bonds is 12. The van der Waals surface area contributed by atoms with Gasteiger partial charge in [-0.1, -0.05) is 36.4 Å². The van der Waals surface area contributed by atoms with Gasteiger partial charge < -0.3 is 37.2 Å². The van der Waals surface area contributed by atoms with Crippen LogP contribution in [0, 0.1) is 20.8 Å². The minimum atomic E-state index is -1.11. The standard InChI is InChI=1S/C35H43N5O6/c1-20-14-25(41)12-11-24(20)18-30(33(44)38-29(32(37)43)17-23-8-5-4-6-9-23)39-34(45)31-10-7-13-40(31)35(46)28(36)19-27-21(2)15-26(42)16-22(27)3/h4-6,8-9,11-12,14-16,28-31,41-42H,7,10,13,17-19,36H2,1-3H3,(H2,37,43)(H,38,44)(H,39,45). The number of likely N-dealkylation sites (tertiary alicyclic amines) is 1. The van der Waals surface area contributed by atoms with Gasteiger partial charge in [-0.15, -0.1) is 0 Å². The van der Waals surface area contributed by atoms with E-state index in [9.17, 15) is 29.4 Å². The summed E-state index contributed by atoms with van der Waals surface area (Å²) in [6.07, 6.45) is 1.46. The molecule has 0 bridgehead atoms. The fourth-order valence-electron chi connectivity index (χ4n) is 6.07. The van der Waals surface area contributed by atoms with Gasteiger partial charge >= 0.3 is 0 Å². The van der Waals surface area contributed by atoms with Crippen LogP contribution in [0.2, 0.25) is 0 Å². The Bertz CT molecular complexity index is 1570. The molecule has 1 saturated heterocycles. The predicted octanol–water partition coefficient (Wildman–Crippen LogP) is 1.82. The van der Waals surface area contributed by atoms with Crippen molar-refractivity contribution in [2.75, 3.05) is 6.54 Å². The summed E-state index contributed by atoms with van der Waals surface area (Å²) in [6.45, 7) is 5.81. The maximum atomic E-state index is 13.8. The summed E-state index contributed by atoms with van der Waals surface area (Å²) in [4.78, 5) is 54.8. The number of hydrogen-bond acceptors (Lipinski definition) is 7. The highest BCUT2D eigenvalue weighted by Gasteiger charge is 2.38. The molecule has 0 saturated carbocycles. The third-order valence-corrected chi connectivity index (χ3v) is 8.59. The first-order chi connectivity index (χ1) is 21.8. The second kappa shape index (κ2) is 14.9. The van der Waals surface area contributed by atoms with E-state index < -0.39 is 41.9 Å². The Morgan fingerprint density at radius 1 is 0.848 bits per heavy atom. The molecule has 4 unspecified atom stereocenters. The van der Waals surface area contributed by atoms with E-state index in [0.717, 1.165) is 22.3 Å².